The second-order valence-corrected chi connectivity index (χ2v) is 3.98. The molecule has 2 heteroatoms. The molecule has 1 saturated heterocycles. The zero-order chi connectivity index (χ0) is 12.4. The van der Waals surface area contributed by atoms with Crippen LogP contribution in [-0.4, -0.2) is 37.1 Å². The highest BCUT2D eigenvalue weighted by Gasteiger charge is 2.25. The molecule has 2 atom stereocenters. The molecule has 1 heterocycles. The number of hydrogen-bond acceptors (Lipinski definition) is 2. The quantitative estimate of drug-likeness (QED) is 0.725. The molecular weight excluding hydrogens is 184 g/mol. The molecule has 2 nitrogen and oxygen atoms in total. The summed E-state index contributed by atoms with van der Waals surface area (Å²) in [6, 6.07) is 1.41. The highest BCUT2D eigenvalue weighted by Crippen LogP contribution is 2.14. The molecule has 0 amide bonds. The molecule has 1 rings (SSSR count). The van der Waals surface area contributed by atoms with E-state index in [2.05, 4.69) is 38.0 Å². The van der Waals surface area contributed by atoms with E-state index in [4.69, 9.17) is 0 Å². The van der Waals surface area contributed by atoms with E-state index in [-0.39, 0.29) is 0 Å². The number of piperazine rings is 1. The average Bonchev–Trinajstić information content (AvgIpc) is 2.27. The Morgan fingerprint density at radius 3 is 1.87 bits per heavy atom. The molecule has 0 bridgehead atoms. The van der Waals surface area contributed by atoms with E-state index in [0.29, 0.717) is 6.04 Å². The highest BCUT2D eigenvalue weighted by molar-refractivity contribution is 4.84. The molecule has 0 aromatic carbocycles. The van der Waals surface area contributed by atoms with Crippen LogP contribution in [0.2, 0.25) is 0 Å². The second-order valence-electron chi connectivity index (χ2n) is 3.98. The third kappa shape index (κ3) is 6.16. The standard InChI is InChI=1S/C9H20N2.2C2H6/c1-7(2)9-6-10-5-8(3)11(9)4;2*1-2/h7-10H,5-6H2,1-4H3;2*1-2H3. The number of hydrogen-bond donors (Lipinski definition) is 1. The summed E-state index contributed by atoms with van der Waals surface area (Å²) in [5.74, 6) is 0.759. The van der Waals surface area contributed by atoms with Gasteiger partial charge in [0.05, 0.1) is 0 Å². The molecule has 0 spiro atoms. The van der Waals surface area contributed by atoms with Crippen LogP contribution in [-0.2, 0) is 0 Å². The van der Waals surface area contributed by atoms with Crippen LogP contribution in [0.4, 0.5) is 0 Å². The normalized spacial score (nSPS) is 26.2. The Hall–Kier alpha value is -0.0800. The van der Waals surface area contributed by atoms with Crippen LogP contribution in [0.25, 0.3) is 0 Å². The number of nitrogens with one attached hydrogen (secondary N) is 1. The van der Waals surface area contributed by atoms with E-state index >= 15 is 0 Å². The van der Waals surface area contributed by atoms with Gasteiger partial charge in [0.1, 0.15) is 0 Å². The van der Waals surface area contributed by atoms with Crippen molar-refractivity contribution in [1.82, 2.24) is 10.2 Å². The maximum atomic E-state index is 3.45. The number of nitrogens with zero attached hydrogens (tertiary/aromatic N) is 1. The van der Waals surface area contributed by atoms with Crippen molar-refractivity contribution in [3.63, 3.8) is 0 Å². The predicted molar refractivity (Wildman–Crippen MR) is 71.4 cm³/mol. The Bertz CT molecular complexity index is 124. The van der Waals surface area contributed by atoms with Crippen molar-refractivity contribution in [2.24, 2.45) is 5.92 Å². The first kappa shape index (κ1) is 17.3. The first-order valence-corrected chi connectivity index (χ1v) is 6.55. The fourth-order valence-electron chi connectivity index (χ4n) is 1.76. The van der Waals surface area contributed by atoms with Crippen molar-refractivity contribution in [1.29, 1.82) is 0 Å². The molecule has 1 aliphatic heterocycles. The Morgan fingerprint density at radius 1 is 1.07 bits per heavy atom. The van der Waals surface area contributed by atoms with Gasteiger partial charge in [-0.2, -0.15) is 0 Å². The highest BCUT2D eigenvalue weighted by atomic mass is 15.2. The average molecular weight is 216 g/mol. The summed E-state index contributed by atoms with van der Waals surface area (Å²) in [5, 5.41) is 3.45. The van der Waals surface area contributed by atoms with Crippen LogP contribution in [0.15, 0.2) is 0 Å². The lowest BCUT2D eigenvalue weighted by molar-refractivity contribution is 0.108. The SMILES string of the molecule is CC.CC.CC(C)C1CNCC(C)N1C. The molecular formula is C13H32N2. The number of likely N-dealkylation sites (N-methyl/N-ethyl adjacent to an activating group) is 1. The summed E-state index contributed by atoms with van der Waals surface area (Å²) in [6.45, 7) is 17.2. The Balaban J connectivity index is 0. The maximum Gasteiger partial charge on any atom is 0.0243 e. The molecule has 1 aliphatic rings. The molecule has 0 saturated carbocycles. The summed E-state index contributed by atoms with van der Waals surface area (Å²) in [6.07, 6.45) is 0. The summed E-state index contributed by atoms with van der Waals surface area (Å²) in [4.78, 5) is 2.49. The fourth-order valence-corrected chi connectivity index (χ4v) is 1.76. The summed E-state index contributed by atoms with van der Waals surface area (Å²) in [7, 11) is 2.23. The molecule has 0 aromatic rings. The van der Waals surface area contributed by atoms with Crippen LogP contribution in [0.5, 0.6) is 0 Å². The smallest absolute Gasteiger partial charge is 0.0243 e. The molecule has 94 valence electrons. The first-order valence-electron chi connectivity index (χ1n) is 6.55. The minimum absolute atomic E-state index is 0.691. The van der Waals surface area contributed by atoms with Gasteiger partial charge in [-0.3, -0.25) is 4.90 Å². The van der Waals surface area contributed by atoms with E-state index in [0.717, 1.165) is 25.0 Å². The van der Waals surface area contributed by atoms with Gasteiger partial charge in [0.25, 0.3) is 0 Å². The van der Waals surface area contributed by atoms with Gasteiger partial charge in [0.2, 0.25) is 0 Å². The minimum atomic E-state index is 0.691. The summed E-state index contributed by atoms with van der Waals surface area (Å²) >= 11 is 0. The van der Waals surface area contributed by atoms with Crippen LogP contribution < -0.4 is 5.32 Å². The summed E-state index contributed by atoms with van der Waals surface area (Å²) < 4.78 is 0. The van der Waals surface area contributed by atoms with Gasteiger partial charge in [-0.25, -0.2) is 0 Å². The van der Waals surface area contributed by atoms with Gasteiger partial charge >= 0.3 is 0 Å². The lowest BCUT2D eigenvalue weighted by Gasteiger charge is -2.40. The van der Waals surface area contributed by atoms with Gasteiger partial charge in [-0.1, -0.05) is 41.5 Å². The van der Waals surface area contributed by atoms with Crippen molar-refractivity contribution < 1.29 is 0 Å². The Kier molecular flexibility index (Phi) is 12.1. The van der Waals surface area contributed by atoms with Crippen molar-refractivity contribution in [3.05, 3.63) is 0 Å². The van der Waals surface area contributed by atoms with Crippen LogP contribution >= 0.6 is 0 Å². The zero-order valence-electron chi connectivity index (χ0n) is 12.1. The summed E-state index contributed by atoms with van der Waals surface area (Å²) in [5.41, 5.74) is 0. The van der Waals surface area contributed by atoms with E-state index in [9.17, 15) is 0 Å². The topological polar surface area (TPSA) is 15.3 Å². The lowest BCUT2D eigenvalue weighted by atomic mass is 9.99. The second kappa shape index (κ2) is 10.4. The lowest BCUT2D eigenvalue weighted by Crippen LogP contribution is -2.56. The third-order valence-electron chi connectivity index (χ3n) is 2.78. The van der Waals surface area contributed by atoms with E-state index in [1.807, 2.05) is 27.7 Å². The van der Waals surface area contributed by atoms with Gasteiger partial charge < -0.3 is 5.32 Å². The van der Waals surface area contributed by atoms with Gasteiger partial charge in [-0.05, 0) is 19.9 Å². The van der Waals surface area contributed by atoms with Crippen LogP contribution in [0, 0.1) is 5.92 Å². The molecule has 0 radical (unpaired) electrons. The predicted octanol–water partition coefficient (Wildman–Crippen LogP) is 2.99. The molecule has 2 unspecified atom stereocenters. The largest absolute Gasteiger partial charge is 0.314 e. The van der Waals surface area contributed by atoms with Gasteiger partial charge in [-0.15, -0.1) is 0 Å². The van der Waals surface area contributed by atoms with E-state index in [1.165, 1.54) is 0 Å². The van der Waals surface area contributed by atoms with E-state index in [1.54, 1.807) is 0 Å². The third-order valence-corrected chi connectivity index (χ3v) is 2.78. The van der Waals surface area contributed by atoms with Crippen LogP contribution in [0.1, 0.15) is 48.5 Å². The van der Waals surface area contributed by atoms with Crippen molar-refractivity contribution in [3.8, 4) is 0 Å². The van der Waals surface area contributed by atoms with Crippen molar-refractivity contribution >= 4 is 0 Å². The van der Waals surface area contributed by atoms with Crippen molar-refractivity contribution in [2.75, 3.05) is 20.1 Å². The molecule has 1 N–H and O–H groups in total. The Labute approximate surface area is 97.4 Å². The molecule has 15 heavy (non-hydrogen) atoms. The van der Waals surface area contributed by atoms with Crippen molar-refractivity contribution in [2.45, 2.75) is 60.5 Å². The first-order chi connectivity index (χ1) is 7.13. The van der Waals surface area contributed by atoms with Crippen LogP contribution in [0.3, 0.4) is 0 Å². The minimum Gasteiger partial charge on any atom is -0.314 e. The monoisotopic (exact) mass is 216 g/mol. The molecule has 0 aliphatic carbocycles. The maximum absolute atomic E-state index is 3.45. The van der Waals surface area contributed by atoms with Gasteiger partial charge in [0.15, 0.2) is 0 Å². The molecule has 0 aromatic heterocycles. The Morgan fingerprint density at radius 2 is 1.53 bits per heavy atom. The zero-order valence-corrected chi connectivity index (χ0v) is 12.1. The number of rotatable bonds is 1. The molecule has 1 fully saturated rings. The van der Waals surface area contributed by atoms with E-state index < -0.39 is 0 Å². The van der Waals surface area contributed by atoms with Gasteiger partial charge in [0, 0.05) is 25.2 Å². The fraction of sp³-hybridized carbons (Fsp3) is 1.00.